The van der Waals surface area contributed by atoms with E-state index in [0.717, 1.165) is 19.3 Å². The standard InChI is InChI=1S/C15H21NO/c1-12-6-8-13(9-7-12)10-11-15(17)16-14-4-2-3-5-14/h6-9,14H,2-5,10-11H2,1H3,(H,16,17). The first-order valence-electron chi connectivity index (χ1n) is 6.59. The Hall–Kier alpha value is -1.31. The molecule has 2 nitrogen and oxygen atoms in total. The molecule has 1 saturated carbocycles. The number of hydrogen-bond acceptors (Lipinski definition) is 1. The van der Waals surface area contributed by atoms with Gasteiger partial charge in [-0.2, -0.15) is 0 Å². The number of carbonyl (C=O) groups is 1. The van der Waals surface area contributed by atoms with Gasteiger partial charge in [-0.15, -0.1) is 0 Å². The molecule has 92 valence electrons. The molecule has 0 saturated heterocycles. The minimum absolute atomic E-state index is 0.206. The molecule has 1 aromatic carbocycles. The van der Waals surface area contributed by atoms with E-state index >= 15 is 0 Å². The Bertz CT molecular complexity index is 363. The maximum Gasteiger partial charge on any atom is 0.220 e. The summed E-state index contributed by atoms with van der Waals surface area (Å²) in [6.45, 7) is 2.08. The molecule has 2 rings (SSSR count). The third-order valence-electron chi connectivity index (χ3n) is 3.48. The van der Waals surface area contributed by atoms with Crippen molar-refractivity contribution >= 4 is 5.91 Å². The van der Waals surface area contributed by atoms with E-state index in [1.807, 2.05) is 0 Å². The van der Waals surface area contributed by atoms with Gasteiger partial charge in [-0.25, -0.2) is 0 Å². The summed E-state index contributed by atoms with van der Waals surface area (Å²) < 4.78 is 0. The van der Waals surface area contributed by atoms with Crippen molar-refractivity contribution in [2.24, 2.45) is 0 Å². The highest BCUT2D eigenvalue weighted by Gasteiger charge is 2.16. The molecule has 0 aliphatic heterocycles. The van der Waals surface area contributed by atoms with E-state index in [4.69, 9.17) is 0 Å². The van der Waals surface area contributed by atoms with Crippen LogP contribution in [-0.4, -0.2) is 11.9 Å². The first-order valence-corrected chi connectivity index (χ1v) is 6.59. The smallest absolute Gasteiger partial charge is 0.220 e. The molecule has 1 aliphatic carbocycles. The van der Waals surface area contributed by atoms with Gasteiger partial charge in [0, 0.05) is 12.5 Å². The lowest BCUT2D eigenvalue weighted by molar-refractivity contribution is -0.121. The van der Waals surface area contributed by atoms with Crippen LogP contribution in [0.15, 0.2) is 24.3 Å². The Morgan fingerprint density at radius 3 is 2.53 bits per heavy atom. The van der Waals surface area contributed by atoms with Crippen LogP contribution >= 0.6 is 0 Å². The highest BCUT2D eigenvalue weighted by Crippen LogP contribution is 2.17. The first kappa shape index (κ1) is 12.2. The van der Waals surface area contributed by atoms with Gasteiger partial charge in [-0.1, -0.05) is 42.7 Å². The van der Waals surface area contributed by atoms with Crippen LogP contribution in [0.25, 0.3) is 0 Å². The van der Waals surface area contributed by atoms with Crippen molar-refractivity contribution in [1.82, 2.24) is 5.32 Å². The quantitative estimate of drug-likeness (QED) is 0.848. The number of nitrogens with one attached hydrogen (secondary N) is 1. The molecule has 0 spiro atoms. The Kier molecular flexibility index (Phi) is 4.18. The van der Waals surface area contributed by atoms with Crippen LogP contribution in [0.5, 0.6) is 0 Å². The number of aryl methyl sites for hydroxylation is 2. The van der Waals surface area contributed by atoms with Crippen molar-refractivity contribution in [3.63, 3.8) is 0 Å². The fourth-order valence-electron chi connectivity index (χ4n) is 2.38. The zero-order chi connectivity index (χ0) is 12.1. The van der Waals surface area contributed by atoms with Gasteiger partial charge in [0.2, 0.25) is 5.91 Å². The van der Waals surface area contributed by atoms with E-state index in [0.29, 0.717) is 12.5 Å². The van der Waals surface area contributed by atoms with Crippen molar-refractivity contribution < 1.29 is 4.79 Å². The van der Waals surface area contributed by atoms with Crippen LogP contribution in [0.3, 0.4) is 0 Å². The molecule has 0 radical (unpaired) electrons. The van der Waals surface area contributed by atoms with Gasteiger partial charge >= 0.3 is 0 Å². The average Bonchev–Trinajstić information content (AvgIpc) is 2.81. The molecule has 1 aromatic rings. The van der Waals surface area contributed by atoms with Gasteiger partial charge in [0.15, 0.2) is 0 Å². The van der Waals surface area contributed by atoms with Crippen LogP contribution in [0.1, 0.15) is 43.2 Å². The number of amides is 1. The molecule has 0 heterocycles. The Morgan fingerprint density at radius 1 is 1.24 bits per heavy atom. The molecule has 1 aliphatic rings. The molecule has 0 atom stereocenters. The third kappa shape index (κ3) is 3.88. The van der Waals surface area contributed by atoms with Crippen molar-refractivity contribution in [3.05, 3.63) is 35.4 Å². The highest BCUT2D eigenvalue weighted by atomic mass is 16.1. The lowest BCUT2D eigenvalue weighted by Crippen LogP contribution is -2.32. The van der Waals surface area contributed by atoms with Crippen LogP contribution in [0.2, 0.25) is 0 Å². The zero-order valence-electron chi connectivity index (χ0n) is 10.5. The van der Waals surface area contributed by atoms with Crippen molar-refractivity contribution in [3.8, 4) is 0 Å². The van der Waals surface area contributed by atoms with Gasteiger partial charge < -0.3 is 5.32 Å². The predicted molar refractivity (Wildman–Crippen MR) is 69.9 cm³/mol. The minimum Gasteiger partial charge on any atom is -0.353 e. The summed E-state index contributed by atoms with van der Waals surface area (Å²) in [6.07, 6.45) is 6.32. The average molecular weight is 231 g/mol. The summed E-state index contributed by atoms with van der Waals surface area (Å²) >= 11 is 0. The summed E-state index contributed by atoms with van der Waals surface area (Å²) in [4.78, 5) is 11.7. The first-order chi connectivity index (χ1) is 8.24. The topological polar surface area (TPSA) is 29.1 Å². The number of hydrogen-bond donors (Lipinski definition) is 1. The second-order valence-corrected chi connectivity index (χ2v) is 5.03. The monoisotopic (exact) mass is 231 g/mol. The number of benzene rings is 1. The lowest BCUT2D eigenvalue weighted by Gasteiger charge is -2.11. The summed E-state index contributed by atoms with van der Waals surface area (Å²) in [6, 6.07) is 8.87. The second-order valence-electron chi connectivity index (χ2n) is 5.03. The largest absolute Gasteiger partial charge is 0.353 e. The summed E-state index contributed by atoms with van der Waals surface area (Å²) in [7, 11) is 0. The van der Waals surface area contributed by atoms with Gasteiger partial charge in [0.25, 0.3) is 0 Å². The van der Waals surface area contributed by atoms with Gasteiger partial charge in [-0.05, 0) is 31.7 Å². The molecule has 1 N–H and O–H groups in total. The molecular formula is C15H21NO. The van der Waals surface area contributed by atoms with E-state index in [1.54, 1.807) is 0 Å². The Balaban J connectivity index is 1.73. The van der Waals surface area contributed by atoms with Gasteiger partial charge in [0.05, 0.1) is 0 Å². The maximum atomic E-state index is 11.7. The molecule has 0 aromatic heterocycles. The van der Waals surface area contributed by atoms with E-state index in [1.165, 1.54) is 24.0 Å². The summed E-state index contributed by atoms with van der Waals surface area (Å²) in [5.74, 6) is 0.206. The third-order valence-corrected chi connectivity index (χ3v) is 3.48. The van der Waals surface area contributed by atoms with Gasteiger partial charge in [0.1, 0.15) is 0 Å². The van der Waals surface area contributed by atoms with Crippen LogP contribution in [-0.2, 0) is 11.2 Å². The molecule has 17 heavy (non-hydrogen) atoms. The maximum absolute atomic E-state index is 11.7. The van der Waals surface area contributed by atoms with E-state index in [2.05, 4.69) is 36.5 Å². The van der Waals surface area contributed by atoms with Gasteiger partial charge in [-0.3, -0.25) is 4.79 Å². The summed E-state index contributed by atoms with van der Waals surface area (Å²) in [5.41, 5.74) is 2.52. The molecule has 0 unspecified atom stereocenters. The highest BCUT2D eigenvalue weighted by molar-refractivity contribution is 5.76. The molecule has 1 amide bonds. The lowest BCUT2D eigenvalue weighted by atomic mass is 10.1. The van der Waals surface area contributed by atoms with E-state index in [9.17, 15) is 4.79 Å². The van der Waals surface area contributed by atoms with E-state index in [-0.39, 0.29) is 5.91 Å². The Morgan fingerprint density at radius 2 is 1.88 bits per heavy atom. The SMILES string of the molecule is Cc1ccc(CCC(=O)NC2CCCC2)cc1. The van der Waals surface area contributed by atoms with Crippen molar-refractivity contribution in [2.75, 3.05) is 0 Å². The van der Waals surface area contributed by atoms with Crippen molar-refractivity contribution in [1.29, 1.82) is 0 Å². The Labute approximate surface area is 103 Å². The second kappa shape index (κ2) is 5.85. The molecule has 0 bridgehead atoms. The normalized spacial score (nSPS) is 16.1. The van der Waals surface area contributed by atoms with E-state index < -0.39 is 0 Å². The molecule has 2 heteroatoms. The van der Waals surface area contributed by atoms with Crippen LogP contribution in [0, 0.1) is 6.92 Å². The fourth-order valence-corrected chi connectivity index (χ4v) is 2.38. The summed E-state index contributed by atoms with van der Waals surface area (Å²) in [5, 5.41) is 3.12. The zero-order valence-corrected chi connectivity index (χ0v) is 10.5. The fraction of sp³-hybridized carbons (Fsp3) is 0.533. The number of rotatable bonds is 4. The minimum atomic E-state index is 0.206. The van der Waals surface area contributed by atoms with Crippen LogP contribution < -0.4 is 5.32 Å². The predicted octanol–water partition coefficient (Wildman–Crippen LogP) is 2.99. The molecular weight excluding hydrogens is 210 g/mol. The van der Waals surface area contributed by atoms with Crippen LogP contribution in [0.4, 0.5) is 0 Å². The number of carbonyl (C=O) groups excluding carboxylic acids is 1. The van der Waals surface area contributed by atoms with Crippen molar-refractivity contribution in [2.45, 2.75) is 51.5 Å². The molecule has 1 fully saturated rings.